The highest BCUT2D eigenvalue weighted by atomic mass is 32.1. The minimum Gasteiger partial charge on any atom is -0.347 e. The van der Waals surface area contributed by atoms with Crippen LogP contribution in [0.3, 0.4) is 0 Å². The molecule has 2 fully saturated rings. The zero-order valence-electron chi connectivity index (χ0n) is 20.5. The molecule has 0 spiro atoms. The highest BCUT2D eigenvalue weighted by molar-refractivity contribution is 7.09. The molecule has 0 aromatic carbocycles. The van der Waals surface area contributed by atoms with Gasteiger partial charge in [0.15, 0.2) is 0 Å². The second kappa shape index (κ2) is 9.77. The Morgan fingerprint density at radius 1 is 1.24 bits per heavy atom. The molecule has 0 unspecified atom stereocenters. The molecule has 2 bridgehead atoms. The maximum atomic E-state index is 12.2. The van der Waals surface area contributed by atoms with Crippen molar-refractivity contribution in [3.63, 3.8) is 0 Å². The number of aromatic nitrogens is 3. The van der Waals surface area contributed by atoms with Gasteiger partial charge in [0.2, 0.25) is 11.8 Å². The van der Waals surface area contributed by atoms with Gasteiger partial charge in [0.05, 0.1) is 18.3 Å². The Bertz CT molecular complexity index is 1020. The van der Waals surface area contributed by atoms with Crippen LogP contribution in [-0.4, -0.2) is 61.3 Å². The molecule has 3 aliphatic heterocycles. The maximum Gasteiger partial charge on any atom is 0.222 e. The summed E-state index contributed by atoms with van der Waals surface area (Å²) >= 11 is 1.61. The number of carbonyl (C=O) groups is 2. The SMILES string of the molecule is CCC(=O)N1CCc2c(nc(C)n2[C@H]2C[C@H]3CC[C@@H](C2)N3CC[C@H](NC(C)=O)c2nccs2)C1. The van der Waals surface area contributed by atoms with E-state index in [1.165, 1.54) is 18.5 Å². The molecule has 34 heavy (non-hydrogen) atoms. The number of hydrogen-bond acceptors (Lipinski definition) is 6. The summed E-state index contributed by atoms with van der Waals surface area (Å²) in [5, 5.41) is 6.07. The van der Waals surface area contributed by atoms with Crippen LogP contribution >= 0.6 is 11.3 Å². The monoisotopic (exact) mass is 484 g/mol. The standard InChI is InChI=1S/C25H36N6O2S/c1-4-24(33)29-10-8-23-22(15-29)27-16(2)31(23)20-13-18-5-6-19(14-20)30(18)11-7-21(28-17(3)32)25-26-9-12-34-25/h9,12,18-21H,4-8,10-11,13-15H2,1-3H3,(H,28,32)/t18-,19+,20+,21-/m0/s1. The van der Waals surface area contributed by atoms with Crippen molar-refractivity contribution in [2.24, 2.45) is 0 Å². The number of carbonyl (C=O) groups excluding carboxylic acids is 2. The Kier molecular flexibility index (Phi) is 6.75. The predicted octanol–water partition coefficient (Wildman–Crippen LogP) is 3.38. The molecule has 2 saturated heterocycles. The molecule has 2 aromatic heterocycles. The molecule has 4 atom stereocenters. The molecule has 0 saturated carbocycles. The van der Waals surface area contributed by atoms with Crippen LogP contribution < -0.4 is 5.32 Å². The Labute approximate surface area is 205 Å². The first-order valence-electron chi connectivity index (χ1n) is 12.7. The van der Waals surface area contributed by atoms with Gasteiger partial charge in [-0.05, 0) is 39.0 Å². The van der Waals surface area contributed by atoms with Crippen molar-refractivity contribution >= 4 is 23.2 Å². The largest absolute Gasteiger partial charge is 0.347 e. The summed E-state index contributed by atoms with van der Waals surface area (Å²) < 4.78 is 2.52. The number of nitrogens with one attached hydrogen (secondary N) is 1. The van der Waals surface area contributed by atoms with Crippen molar-refractivity contribution in [1.29, 1.82) is 0 Å². The first-order chi connectivity index (χ1) is 16.4. The molecule has 0 radical (unpaired) electrons. The van der Waals surface area contributed by atoms with E-state index in [-0.39, 0.29) is 17.9 Å². The van der Waals surface area contributed by atoms with Gasteiger partial charge in [-0.15, -0.1) is 11.3 Å². The Morgan fingerprint density at radius 3 is 2.65 bits per heavy atom. The third kappa shape index (κ3) is 4.52. The van der Waals surface area contributed by atoms with Gasteiger partial charge < -0.3 is 14.8 Å². The average Bonchev–Trinajstić information content (AvgIpc) is 3.51. The van der Waals surface area contributed by atoms with E-state index in [2.05, 4.69) is 26.7 Å². The number of fused-ring (bicyclic) bond motifs is 3. The van der Waals surface area contributed by atoms with E-state index in [0.29, 0.717) is 31.1 Å². The molecule has 0 aliphatic carbocycles. The van der Waals surface area contributed by atoms with E-state index in [9.17, 15) is 9.59 Å². The van der Waals surface area contributed by atoms with E-state index in [1.54, 1.807) is 18.3 Å². The second-order valence-corrected chi connectivity index (χ2v) is 10.9. The van der Waals surface area contributed by atoms with E-state index < -0.39 is 0 Å². The van der Waals surface area contributed by atoms with Gasteiger partial charge in [0.1, 0.15) is 10.8 Å². The number of nitrogens with zero attached hydrogens (tertiary/aromatic N) is 5. The van der Waals surface area contributed by atoms with Crippen LogP contribution in [0.15, 0.2) is 11.6 Å². The zero-order valence-corrected chi connectivity index (χ0v) is 21.3. The van der Waals surface area contributed by atoms with Crippen molar-refractivity contribution in [2.75, 3.05) is 13.1 Å². The highest BCUT2D eigenvalue weighted by Gasteiger charge is 2.42. The van der Waals surface area contributed by atoms with Crippen LogP contribution in [0.2, 0.25) is 0 Å². The van der Waals surface area contributed by atoms with E-state index >= 15 is 0 Å². The molecule has 5 heterocycles. The lowest BCUT2D eigenvalue weighted by molar-refractivity contribution is -0.131. The molecule has 3 aliphatic rings. The smallest absolute Gasteiger partial charge is 0.222 e. The first kappa shape index (κ1) is 23.5. The van der Waals surface area contributed by atoms with Crippen molar-refractivity contribution in [3.05, 3.63) is 33.8 Å². The first-order valence-corrected chi connectivity index (χ1v) is 13.6. The molecule has 8 nitrogen and oxygen atoms in total. The summed E-state index contributed by atoms with van der Waals surface area (Å²) in [6.07, 6.45) is 8.97. The molecule has 2 amide bonds. The Morgan fingerprint density at radius 2 is 2.00 bits per heavy atom. The maximum absolute atomic E-state index is 12.2. The number of rotatable bonds is 7. The number of thiazole rings is 1. The van der Waals surface area contributed by atoms with E-state index in [0.717, 1.165) is 55.3 Å². The number of hydrogen-bond donors (Lipinski definition) is 1. The van der Waals surface area contributed by atoms with Crippen molar-refractivity contribution < 1.29 is 9.59 Å². The molecule has 5 rings (SSSR count). The number of piperidine rings is 1. The summed E-state index contributed by atoms with van der Waals surface area (Å²) in [6, 6.07) is 1.64. The van der Waals surface area contributed by atoms with Crippen molar-refractivity contribution in [2.45, 2.75) is 96.4 Å². The molecule has 9 heteroatoms. The molecule has 184 valence electrons. The van der Waals surface area contributed by atoms with Crippen LogP contribution in [0, 0.1) is 6.92 Å². The average molecular weight is 485 g/mol. The van der Waals surface area contributed by atoms with Gasteiger partial charge in [-0.25, -0.2) is 9.97 Å². The van der Waals surface area contributed by atoms with Crippen LogP contribution in [0.25, 0.3) is 0 Å². The van der Waals surface area contributed by atoms with Crippen LogP contribution in [0.5, 0.6) is 0 Å². The number of amides is 2. The summed E-state index contributed by atoms with van der Waals surface area (Å²) in [7, 11) is 0. The lowest BCUT2D eigenvalue weighted by atomic mass is 9.95. The minimum atomic E-state index is -0.00804. The molecular weight excluding hydrogens is 448 g/mol. The van der Waals surface area contributed by atoms with Crippen LogP contribution in [-0.2, 0) is 22.6 Å². The number of imidazole rings is 1. The van der Waals surface area contributed by atoms with Crippen LogP contribution in [0.4, 0.5) is 0 Å². The number of aryl methyl sites for hydroxylation is 1. The third-order valence-electron chi connectivity index (χ3n) is 7.91. The molecule has 1 N–H and O–H groups in total. The van der Waals surface area contributed by atoms with Crippen LogP contribution in [0.1, 0.15) is 86.7 Å². The molecular formula is C25H36N6O2S. The Hall–Kier alpha value is -2.26. The summed E-state index contributed by atoms with van der Waals surface area (Å²) in [4.78, 5) is 38.0. The Balaban J connectivity index is 1.26. The van der Waals surface area contributed by atoms with Gasteiger partial charge in [0.25, 0.3) is 0 Å². The predicted molar refractivity (Wildman–Crippen MR) is 131 cm³/mol. The van der Waals surface area contributed by atoms with E-state index in [1.807, 2.05) is 23.4 Å². The third-order valence-corrected chi connectivity index (χ3v) is 8.80. The quantitative estimate of drug-likeness (QED) is 0.651. The lowest BCUT2D eigenvalue weighted by Gasteiger charge is -2.41. The fourth-order valence-corrected chi connectivity index (χ4v) is 7.19. The van der Waals surface area contributed by atoms with Gasteiger partial charge in [0, 0.05) is 68.3 Å². The van der Waals surface area contributed by atoms with Crippen molar-refractivity contribution in [1.82, 2.24) is 29.7 Å². The fraction of sp³-hybridized carbons (Fsp3) is 0.680. The minimum absolute atomic E-state index is 0.00133. The van der Waals surface area contributed by atoms with E-state index in [4.69, 9.17) is 4.98 Å². The fourth-order valence-electron chi connectivity index (χ4n) is 6.47. The summed E-state index contributed by atoms with van der Waals surface area (Å²) in [5.74, 6) is 1.32. The van der Waals surface area contributed by atoms with Gasteiger partial charge >= 0.3 is 0 Å². The van der Waals surface area contributed by atoms with Gasteiger partial charge in [-0.2, -0.15) is 0 Å². The van der Waals surface area contributed by atoms with Gasteiger partial charge in [-0.3, -0.25) is 14.5 Å². The normalized spacial score (nSPS) is 25.3. The highest BCUT2D eigenvalue weighted by Crippen LogP contribution is 2.43. The lowest BCUT2D eigenvalue weighted by Crippen LogP contribution is -2.45. The summed E-state index contributed by atoms with van der Waals surface area (Å²) in [6.45, 7) is 8.09. The zero-order chi connectivity index (χ0) is 23.8. The second-order valence-electron chi connectivity index (χ2n) is 10.0. The molecule has 2 aromatic rings. The van der Waals surface area contributed by atoms with Gasteiger partial charge in [-0.1, -0.05) is 6.92 Å². The van der Waals surface area contributed by atoms with Crippen molar-refractivity contribution in [3.8, 4) is 0 Å². The summed E-state index contributed by atoms with van der Waals surface area (Å²) in [5.41, 5.74) is 2.45. The topological polar surface area (TPSA) is 83.4 Å².